The van der Waals surface area contributed by atoms with E-state index < -0.39 is 4.92 Å². The van der Waals surface area contributed by atoms with Crippen molar-refractivity contribution in [1.29, 1.82) is 0 Å². The van der Waals surface area contributed by atoms with E-state index in [1.807, 2.05) is 13.0 Å². The van der Waals surface area contributed by atoms with Gasteiger partial charge in [-0.1, -0.05) is 0 Å². The molecule has 7 heteroatoms. The number of ether oxygens (including phenoxy) is 1. The van der Waals surface area contributed by atoms with Crippen LogP contribution in [-0.4, -0.2) is 29.7 Å². The summed E-state index contributed by atoms with van der Waals surface area (Å²) < 4.78 is 5.91. The van der Waals surface area contributed by atoms with E-state index in [1.54, 1.807) is 18.7 Å². The molecule has 1 heterocycles. The molecular formula is C11H13N3O3S. The number of anilines is 1. The third kappa shape index (κ3) is 2.41. The normalized spacial score (nSPS) is 12.6. The van der Waals surface area contributed by atoms with Gasteiger partial charge in [-0.25, -0.2) is 4.98 Å². The Labute approximate surface area is 108 Å². The second-order valence-electron chi connectivity index (χ2n) is 3.85. The smallest absolute Gasteiger partial charge is 0.319 e. The Morgan fingerprint density at radius 1 is 1.61 bits per heavy atom. The van der Waals surface area contributed by atoms with Gasteiger partial charge in [0.05, 0.1) is 21.2 Å². The van der Waals surface area contributed by atoms with Crippen molar-refractivity contribution in [2.24, 2.45) is 0 Å². The molecule has 2 rings (SSSR count). The molecule has 18 heavy (non-hydrogen) atoms. The highest BCUT2D eigenvalue weighted by Gasteiger charge is 2.20. The molecule has 0 fully saturated rings. The maximum atomic E-state index is 11.1. The van der Waals surface area contributed by atoms with E-state index in [0.29, 0.717) is 17.7 Å². The van der Waals surface area contributed by atoms with Gasteiger partial charge in [-0.05, 0) is 19.1 Å². The highest BCUT2D eigenvalue weighted by Crippen LogP contribution is 2.34. The van der Waals surface area contributed by atoms with Gasteiger partial charge in [0.2, 0.25) is 0 Å². The first-order valence-corrected chi connectivity index (χ1v) is 6.28. The minimum atomic E-state index is -0.401. The van der Waals surface area contributed by atoms with Gasteiger partial charge in [-0.3, -0.25) is 10.1 Å². The Kier molecular flexibility index (Phi) is 3.73. The largest absolute Gasteiger partial charge is 0.380 e. The lowest BCUT2D eigenvalue weighted by Crippen LogP contribution is -2.18. The van der Waals surface area contributed by atoms with Crippen molar-refractivity contribution in [2.75, 3.05) is 19.0 Å². The number of nitro benzene ring substituents is 1. The summed E-state index contributed by atoms with van der Waals surface area (Å²) in [5.41, 5.74) is 2.54. The fourth-order valence-electron chi connectivity index (χ4n) is 1.58. The molecule has 1 aromatic heterocycles. The number of nitrogens with one attached hydrogen (secondary N) is 1. The molecule has 0 saturated carbocycles. The fourth-order valence-corrected chi connectivity index (χ4v) is 2.26. The second kappa shape index (κ2) is 5.28. The summed E-state index contributed by atoms with van der Waals surface area (Å²) in [5.74, 6) is 0. The van der Waals surface area contributed by atoms with Gasteiger partial charge in [0.25, 0.3) is 0 Å². The Morgan fingerprint density at radius 3 is 3.06 bits per heavy atom. The van der Waals surface area contributed by atoms with E-state index in [-0.39, 0.29) is 11.8 Å². The van der Waals surface area contributed by atoms with Crippen molar-refractivity contribution in [3.05, 3.63) is 27.8 Å². The Hall–Kier alpha value is -1.73. The number of thiazole rings is 1. The molecule has 6 nitrogen and oxygen atoms in total. The molecule has 0 bridgehead atoms. The van der Waals surface area contributed by atoms with E-state index in [9.17, 15) is 10.1 Å². The second-order valence-corrected chi connectivity index (χ2v) is 4.73. The summed E-state index contributed by atoms with van der Waals surface area (Å²) in [5, 5.41) is 14.2. The standard InChI is InChI=1S/C11H13N3O3S/c1-7(17-2)5-12-8-3-4-9-10(13-6-18-9)11(8)14(15)16/h3-4,6-7,12H,5H2,1-2H3. The van der Waals surface area contributed by atoms with Gasteiger partial charge in [-0.15, -0.1) is 11.3 Å². The number of hydrogen-bond acceptors (Lipinski definition) is 6. The van der Waals surface area contributed by atoms with Crippen LogP contribution in [0.5, 0.6) is 0 Å². The van der Waals surface area contributed by atoms with Crippen LogP contribution in [0.3, 0.4) is 0 Å². The molecule has 0 aliphatic carbocycles. The van der Waals surface area contributed by atoms with Crippen molar-refractivity contribution in [1.82, 2.24) is 4.98 Å². The molecule has 1 atom stereocenters. The first-order valence-electron chi connectivity index (χ1n) is 5.40. The Morgan fingerprint density at radius 2 is 2.39 bits per heavy atom. The average Bonchev–Trinajstić information content (AvgIpc) is 2.82. The Bertz CT molecular complexity index is 570. The highest BCUT2D eigenvalue weighted by molar-refractivity contribution is 7.16. The lowest BCUT2D eigenvalue weighted by molar-refractivity contribution is -0.382. The van der Waals surface area contributed by atoms with Crippen molar-refractivity contribution < 1.29 is 9.66 Å². The number of nitrogens with zero attached hydrogens (tertiary/aromatic N) is 2. The van der Waals surface area contributed by atoms with Crippen LogP contribution < -0.4 is 5.32 Å². The third-order valence-corrected chi connectivity index (χ3v) is 3.43. The SMILES string of the molecule is COC(C)CNc1ccc2scnc2c1[N+](=O)[O-]. The number of methoxy groups -OCH3 is 1. The molecule has 2 aromatic rings. The first-order chi connectivity index (χ1) is 8.63. The predicted octanol–water partition coefficient (Wildman–Crippen LogP) is 2.65. The van der Waals surface area contributed by atoms with Crippen LogP contribution in [0.1, 0.15) is 6.92 Å². The van der Waals surface area contributed by atoms with Gasteiger partial charge in [0.15, 0.2) is 5.52 Å². The average molecular weight is 267 g/mol. The molecule has 1 unspecified atom stereocenters. The Balaban J connectivity index is 2.37. The van der Waals surface area contributed by atoms with Crippen molar-refractivity contribution in [3.63, 3.8) is 0 Å². The molecule has 96 valence electrons. The number of nitro groups is 1. The molecule has 1 aromatic carbocycles. The van der Waals surface area contributed by atoms with Gasteiger partial charge < -0.3 is 10.1 Å². The maximum Gasteiger partial charge on any atom is 0.319 e. The van der Waals surface area contributed by atoms with Crippen LogP contribution in [0.2, 0.25) is 0 Å². The van der Waals surface area contributed by atoms with Crippen molar-refractivity contribution in [2.45, 2.75) is 13.0 Å². The predicted molar refractivity (Wildman–Crippen MR) is 71.2 cm³/mol. The maximum absolute atomic E-state index is 11.1. The zero-order valence-corrected chi connectivity index (χ0v) is 10.9. The monoisotopic (exact) mass is 267 g/mol. The molecule has 0 amide bonds. The topological polar surface area (TPSA) is 77.3 Å². The van der Waals surface area contributed by atoms with Gasteiger partial charge in [0, 0.05) is 13.7 Å². The first kappa shape index (κ1) is 12.7. The minimum Gasteiger partial charge on any atom is -0.380 e. The summed E-state index contributed by atoms with van der Waals surface area (Å²) in [7, 11) is 1.60. The quantitative estimate of drug-likeness (QED) is 0.665. The molecule has 0 spiro atoms. The molecule has 0 aliphatic rings. The summed E-state index contributed by atoms with van der Waals surface area (Å²) in [6.07, 6.45) is -0.0178. The van der Waals surface area contributed by atoms with Gasteiger partial charge in [-0.2, -0.15) is 0 Å². The molecule has 0 radical (unpaired) electrons. The summed E-state index contributed by atoms with van der Waals surface area (Å²) in [6.45, 7) is 2.40. The third-order valence-electron chi connectivity index (χ3n) is 2.64. The van der Waals surface area contributed by atoms with Crippen LogP contribution in [0, 0.1) is 10.1 Å². The lowest BCUT2D eigenvalue weighted by Gasteiger charge is -2.12. The van der Waals surface area contributed by atoms with Crippen LogP contribution in [0.15, 0.2) is 17.6 Å². The van der Waals surface area contributed by atoms with Crippen LogP contribution in [0.4, 0.5) is 11.4 Å². The van der Waals surface area contributed by atoms with Crippen LogP contribution >= 0.6 is 11.3 Å². The minimum absolute atomic E-state index is 0.0178. The molecule has 0 saturated heterocycles. The summed E-state index contributed by atoms with van der Waals surface area (Å²) >= 11 is 1.39. The number of aromatic nitrogens is 1. The fraction of sp³-hybridized carbons (Fsp3) is 0.364. The van der Waals surface area contributed by atoms with E-state index in [2.05, 4.69) is 10.3 Å². The zero-order chi connectivity index (χ0) is 13.1. The summed E-state index contributed by atoms with van der Waals surface area (Å²) in [4.78, 5) is 14.8. The van der Waals surface area contributed by atoms with Gasteiger partial charge in [0.1, 0.15) is 5.69 Å². The van der Waals surface area contributed by atoms with E-state index in [1.165, 1.54) is 11.3 Å². The molecule has 0 aliphatic heterocycles. The number of rotatable bonds is 5. The summed E-state index contributed by atoms with van der Waals surface area (Å²) in [6, 6.07) is 3.54. The van der Waals surface area contributed by atoms with E-state index >= 15 is 0 Å². The van der Waals surface area contributed by atoms with Crippen molar-refractivity contribution >= 4 is 32.9 Å². The number of hydrogen-bond donors (Lipinski definition) is 1. The van der Waals surface area contributed by atoms with Gasteiger partial charge >= 0.3 is 5.69 Å². The number of benzene rings is 1. The zero-order valence-electron chi connectivity index (χ0n) is 10.0. The number of fused-ring (bicyclic) bond motifs is 1. The van der Waals surface area contributed by atoms with Crippen LogP contribution in [-0.2, 0) is 4.74 Å². The van der Waals surface area contributed by atoms with Crippen molar-refractivity contribution in [3.8, 4) is 0 Å². The molecular weight excluding hydrogens is 254 g/mol. The van der Waals surface area contributed by atoms with E-state index in [0.717, 1.165) is 4.70 Å². The molecule has 1 N–H and O–H groups in total. The van der Waals surface area contributed by atoms with E-state index in [4.69, 9.17) is 4.74 Å². The lowest BCUT2D eigenvalue weighted by atomic mass is 10.2. The van der Waals surface area contributed by atoms with Crippen LogP contribution in [0.25, 0.3) is 10.2 Å². The highest BCUT2D eigenvalue weighted by atomic mass is 32.1.